The van der Waals surface area contributed by atoms with Gasteiger partial charge in [0.15, 0.2) is 5.84 Å². The molecule has 0 fully saturated rings. The second-order valence-corrected chi connectivity index (χ2v) is 10.6. The first-order chi connectivity index (χ1) is 18.9. The van der Waals surface area contributed by atoms with Crippen LogP contribution in [0.25, 0.3) is 17.0 Å². The zero-order valence-corrected chi connectivity index (χ0v) is 22.9. The Balaban J connectivity index is 1.31. The standard InChI is InChI=1S/C30H24ClN5O2S/c1-18-16-21(31)12-13-26(18)38-15-14-35-19(2)23(22-10-6-7-11-25(22)35)17-24-27(32)36-30(33-28(24)37)39-29(34-36)20-8-4-3-5-9-20/h3-13,16-17,32H,14-15H2,1-2H3/b24-17-,32-27?. The number of aromatic nitrogens is 1. The lowest BCUT2D eigenvalue weighted by atomic mass is 10.1. The van der Waals surface area contributed by atoms with Gasteiger partial charge in [0.25, 0.3) is 5.91 Å². The van der Waals surface area contributed by atoms with Crippen molar-refractivity contribution >= 4 is 62.3 Å². The molecule has 0 bridgehead atoms. The first-order valence-corrected chi connectivity index (χ1v) is 13.6. The minimum atomic E-state index is -0.443. The smallest absolute Gasteiger partial charge is 0.283 e. The molecule has 3 heterocycles. The van der Waals surface area contributed by atoms with E-state index in [4.69, 9.17) is 21.7 Å². The van der Waals surface area contributed by atoms with Crippen LogP contribution in [-0.4, -0.2) is 38.1 Å². The first-order valence-electron chi connectivity index (χ1n) is 12.4. The molecule has 0 unspecified atom stereocenters. The number of nitrogens with zero attached hydrogens (tertiary/aromatic N) is 4. The first kappa shape index (κ1) is 25.2. The van der Waals surface area contributed by atoms with Crippen molar-refractivity contribution < 1.29 is 9.53 Å². The molecule has 194 valence electrons. The topological polar surface area (TPSA) is 83.0 Å². The summed E-state index contributed by atoms with van der Waals surface area (Å²) in [6.07, 6.45) is 1.77. The summed E-state index contributed by atoms with van der Waals surface area (Å²) in [4.78, 5) is 17.4. The normalized spacial score (nSPS) is 16.1. The van der Waals surface area contributed by atoms with E-state index >= 15 is 0 Å². The number of thioether (sulfide) groups is 1. The molecule has 4 aromatic rings. The SMILES string of the molecule is Cc1cc(Cl)ccc1OCCn1c(C)c(/C=C2/C(=N)N3N=C(c4ccccc4)SC3=NC2=O)c2ccccc21. The maximum atomic E-state index is 13.1. The maximum Gasteiger partial charge on any atom is 0.283 e. The molecule has 0 saturated heterocycles. The van der Waals surface area contributed by atoms with Crippen LogP contribution in [0.1, 0.15) is 22.4 Å². The van der Waals surface area contributed by atoms with Gasteiger partial charge in [-0.1, -0.05) is 60.1 Å². The Hall–Kier alpha value is -4.14. The van der Waals surface area contributed by atoms with Gasteiger partial charge >= 0.3 is 0 Å². The van der Waals surface area contributed by atoms with Crippen molar-refractivity contribution in [1.29, 1.82) is 5.41 Å². The molecule has 1 aromatic heterocycles. The summed E-state index contributed by atoms with van der Waals surface area (Å²) in [6.45, 7) is 5.06. The Kier molecular flexibility index (Phi) is 6.58. The molecular weight excluding hydrogens is 530 g/mol. The fourth-order valence-electron chi connectivity index (χ4n) is 4.78. The van der Waals surface area contributed by atoms with Gasteiger partial charge in [0.1, 0.15) is 17.4 Å². The number of amidine groups is 2. The molecule has 0 atom stereocenters. The summed E-state index contributed by atoms with van der Waals surface area (Å²) >= 11 is 7.37. The number of aryl methyl sites for hydroxylation is 1. The number of rotatable bonds is 6. The highest BCUT2D eigenvalue weighted by Gasteiger charge is 2.36. The number of hydrogen-bond donors (Lipinski definition) is 1. The Morgan fingerprint density at radius 1 is 1.05 bits per heavy atom. The molecule has 0 radical (unpaired) electrons. The van der Waals surface area contributed by atoms with Gasteiger partial charge in [-0.15, -0.1) is 0 Å². The molecule has 7 nitrogen and oxygen atoms in total. The van der Waals surface area contributed by atoms with E-state index in [0.717, 1.165) is 39.0 Å². The molecule has 0 saturated carbocycles. The quantitative estimate of drug-likeness (QED) is 0.271. The predicted molar refractivity (Wildman–Crippen MR) is 159 cm³/mol. The maximum absolute atomic E-state index is 13.1. The minimum absolute atomic E-state index is 0.0150. The highest BCUT2D eigenvalue weighted by molar-refractivity contribution is 8.27. The molecule has 2 aliphatic heterocycles. The van der Waals surface area contributed by atoms with Crippen LogP contribution < -0.4 is 4.74 Å². The van der Waals surface area contributed by atoms with Gasteiger partial charge in [0.2, 0.25) is 5.17 Å². The lowest BCUT2D eigenvalue weighted by Crippen LogP contribution is -2.35. The van der Waals surface area contributed by atoms with Gasteiger partial charge in [0, 0.05) is 32.7 Å². The van der Waals surface area contributed by atoms with Crippen LogP contribution in [0.5, 0.6) is 5.75 Å². The number of aliphatic imine (C=N–C) groups is 1. The third kappa shape index (κ3) is 4.66. The number of para-hydroxylation sites is 1. The van der Waals surface area contributed by atoms with Crippen LogP contribution in [0.4, 0.5) is 0 Å². The molecule has 2 aliphatic rings. The molecular formula is C30H24ClN5O2S. The Morgan fingerprint density at radius 2 is 1.82 bits per heavy atom. The minimum Gasteiger partial charge on any atom is -0.491 e. The van der Waals surface area contributed by atoms with Gasteiger partial charge < -0.3 is 9.30 Å². The second kappa shape index (κ2) is 10.2. The monoisotopic (exact) mass is 553 g/mol. The zero-order valence-electron chi connectivity index (χ0n) is 21.3. The number of hydrazone groups is 1. The molecule has 9 heteroatoms. The predicted octanol–water partition coefficient (Wildman–Crippen LogP) is 6.66. The van der Waals surface area contributed by atoms with Crippen molar-refractivity contribution in [2.45, 2.75) is 20.4 Å². The van der Waals surface area contributed by atoms with Crippen molar-refractivity contribution in [1.82, 2.24) is 9.58 Å². The summed E-state index contributed by atoms with van der Waals surface area (Å²) in [5.74, 6) is 0.368. The number of fused-ring (bicyclic) bond motifs is 2. The van der Waals surface area contributed by atoms with Crippen LogP contribution in [0.2, 0.25) is 5.02 Å². The van der Waals surface area contributed by atoms with E-state index in [1.165, 1.54) is 16.8 Å². The molecule has 0 spiro atoms. The summed E-state index contributed by atoms with van der Waals surface area (Å²) in [5, 5.41) is 17.6. The molecule has 39 heavy (non-hydrogen) atoms. The third-order valence-electron chi connectivity index (χ3n) is 6.75. The molecule has 3 aromatic carbocycles. The Morgan fingerprint density at radius 3 is 2.62 bits per heavy atom. The van der Waals surface area contributed by atoms with E-state index in [1.54, 1.807) is 6.08 Å². The van der Waals surface area contributed by atoms with Crippen molar-refractivity contribution in [3.63, 3.8) is 0 Å². The van der Waals surface area contributed by atoms with Gasteiger partial charge in [-0.2, -0.15) is 15.1 Å². The summed E-state index contributed by atoms with van der Waals surface area (Å²) in [6, 6.07) is 23.3. The van der Waals surface area contributed by atoms with E-state index in [1.807, 2.05) is 80.6 Å². The largest absolute Gasteiger partial charge is 0.491 e. The average Bonchev–Trinajstić information content (AvgIpc) is 3.47. The van der Waals surface area contributed by atoms with E-state index in [0.29, 0.717) is 28.4 Å². The van der Waals surface area contributed by atoms with Crippen molar-refractivity contribution in [2.24, 2.45) is 10.1 Å². The highest BCUT2D eigenvalue weighted by Crippen LogP contribution is 2.33. The third-order valence-corrected chi connectivity index (χ3v) is 7.95. The van der Waals surface area contributed by atoms with E-state index in [9.17, 15) is 4.79 Å². The zero-order chi connectivity index (χ0) is 27.1. The van der Waals surface area contributed by atoms with Crippen molar-refractivity contribution in [3.05, 3.63) is 106 Å². The van der Waals surface area contributed by atoms with E-state index in [-0.39, 0.29) is 11.4 Å². The number of carbonyl (C=O) groups excluding carboxylic acids is 1. The average molecular weight is 554 g/mol. The van der Waals surface area contributed by atoms with Crippen molar-refractivity contribution in [3.8, 4) is 5.75 Å². The number of nitrogens with one attached hydrogen (secondary N) is 1. The Bertz CT molecular complexity index is 1740. The van der Waals surface area contributed by atoms with Crippen LogP contribution >= 0.6 is 23.4 Å². The number of amides is 1. The number of carbonyl (C=O) groups is 1. The summed E-state index contributed by atoms with van der Waals surface area (Å²) < 4.78 is 8.24. The lowest BCUT2D eigenvalue weighted by Gasteiger charge is -2.20. The molecule has 6 rings (SSSR count). The number of hydrogen-bond acceptors (Lipinski definition) is 5. The van der Waals surface area contributed by atoms with Crippen LogP contribution in [-0.2, 0) is 11.3 Å². The van der Waals surface area contributed by atoms with Crippen LogP contribution in [0, 0.1) is 19.3 Å². The Labute approximate surface area is 235 Å². The van der Waals surface area contributed by atoms with Gasteiger partial charge in [0.05, 0.1) is 12.1 Å². The molecule has 1 amide bonds. The highest BCUT2D eigenvalue weighted by atomic mass is 35.5. The van der Waals surface area contributed by atoms with E-state index in [2.05, 4.69) is 20.7 Å². The summed E-state index contributed by atoms with van der Waals surface area (Å²) in [5.41, 5.74) is 4.98. The second-order valence-electron chi connectivity index (χ2n) is 9.22. The fourth-order valence-corrected chi connectivity index (χ4v) is 5.91. The van der Waals surface area contributed by atoms with Gasteiger partial charge in [-0.25, -0.2) is 0 Å². The van der Waals surface area contributed by atoms with Crippen LogP contribution in [0.15, 0.2) is 88.5 Å². The van der Waals surface area contributed by atoms with Crippen LogP contribution in [0.3, 0.4) is 0 Å². The van der Waals surface area contributed by atoms with Gasteiger partial charge in [-0.3, -0.25) is 10.2 Å². The number of halogens is 1. The number of ether oxygens (including phenoxy) is 1. The lowest BCUT2D eigenvalue weighted by molar-refractivity contribution is -0.114. The molecule has 0 aliphatic carbocycles. The van der Waals surface area contributed by atoms with Crippen molar-refractivity contribution in [2.75, 3.05) is 6.61 Å². The van der Waals surface area contributed by atoms with E-state index < -0.39 is 5.91 Å². The fraction of sp³-hybridized carbons (Fsp3) is 0.133. The van der Waals surface area contributed by atoms with Gasteiger partial charge in [-0.05, 0) is 61.5 Å². The number of benzene rings is 3. The molecule has 1 N–H and O–H groups in total. The summed E-state index contributed by atoms with van der Waals surface area (Å²) in [7, 11) is 0.